The Bertz CT molecular complexity index is 906. The quantitative estimate of drug-likeness (QED) is 0.749. The van der Waals surface area contributed by atoms with Gasteiger partial charge in [0.25, 0.3) is 0 Å². The SMILES string of the molecule is CCOC(=O)C1=C(c2ccccc2)NC(=O)NC1c1ccc(OCC)c(C)c1. The second-order valence-electron chi connectivity index (χ2n) is 6.36. The van der Waals surface area contributed by atoms with Crippen LogP contribution in [0.2, 0.25) is 0 Å². The normalized spacial score (nSPS) is 16.2. The van der Waals surface area contributed by atoms with Gasteiger partial charge in [0.2, 0.25) is 0 Å². The van der Waals surface area contributed by atoms with Gasteiger partial charge in [0, 0.05) is 0 Å². The van der Waals surface area contributed by atoms with Gasteiger partial charge in [-0.05, 0) is 49.6 Å². The van der Waals surface area contributed by atoms with Gasteiger partial charge in [-0.25, -0.2) is 9.59 Å². The summed E-state index contributed by atoms with van der Waals surface area (Å²) >= 11 is 0. The highest BCUT2D eigenvalue weighted by Gasteiger charge is 2.34. The lowest BCUT2D eigenvalue weighted by atomic mass is 9.92. The zero-order chi connectivity index (χ0) is 20.1. The van der Waals surface area contributed by atoms with Crippen LogP contribution in [0.25, 0.3) is 5.70 Å². The molecule has 0 fully saturated rings. The topological polar surface area (TPSA) is 76.7 Å². The zero-order valence-electron chi connectivity index (χ0n) is 16.2. The molecule has 1 aliphatic heterocycles. The number of urea groups is 1. The molecule has 0 aromatic heterocycles. The zero-order valence-corrected chi connectivity index (χ0v) is 16.2. The van der Waals surface area contributed by atoms with E-state index < -0.39 is 12.0 Å². The van der Waals surface area contributed by atoms with Crippen LogP contribution in [0, 0.1) is 6.92 Å². The molecule has 28 heavy (non-hydrogen) atoms. The highest BCUT2D eigenvalue weighted by Crippen LogP contribution is 2.33. The van der Waals surface area contributed by atoms with Gasteiger partial charge in [0.05, 0.1) is 30.5 Å². The van der Waals surface area contributed by atoms with E-state index in [1.54, 1.807) is 6.92 Å². The smallest absolute Gasteiger partial charge is 0.338 e. The predicted molar refractivity (Wildman–Crippen MR) is 107 cm³/mol. The Labute approximate surface area is 164 Å². The monoisotopic (exact) mass is 380 g/mol. The molecule has 1 aliphatic rings. The third-order valence-electron chi connectivity index (χ3n) is 4.46. The van der Waals surface area contributed by atoms with Crippen LogP contribution in [0.4, 0.5) is 4.79 Å². The second-order valence-corrected chi connectivity index (χ2v) is 6.36. The highest BCUT2D eigenvalue weighted by molar-refractivity contribution is 6.04. The molecule has 6 nitrogen and oxygen atoms in total. The van der Waals surface area contributed by atoms with Crippen LogP contribution in [0.15, 0.2) is 54.1 Å². The number of carbonyl (C=O) groups is 2. The summed E-state index contributed by atoms with van der Waals surface area (Å²) in [7, 11) is 0. The van der Waals surface area contributed by atoms with Crippen molar-refractivity contribution < 1.29 is 19.1 Å². The summed E-state index contributed by atoms with van der Waals surface area (Å²) in [6, 6.07) is 13.9. The van der Waals surface area contributed by atoms with Crippen molar-refractivity contribution in [1.82, 2.24) is 10.6 Å². The van der Waals surface area contributed by atoms with Gasteiger partial charge in [-0.1, -0.05) is 36.4 Å². The van der Waals surface area contributed by atoms with Crippen LogP contribution >= 0.6 is 0 Å². The number of nitrogens with one attached hydrogen (secondary N) is 2. The van der Waals surface area contributed by atoms with E-state index in [1.807, 2.05) is 62.4 Å². The Morgan fingerprint density at radius 1 is 1.07 bits per heavy atom. The molecule has 146 valence electrons. The summed E-state index contributed by atoms with van der Waals surface area (Å²) in [5.41, 5.74) is 3.28. The molecule has 6 heteroatoms. The van der Waals surface area contributed by atoms with Crippen molar-refractivity contribution in [1.29, 1.82) is 0 Å². The number of benzene rings is 2. The second kappa shape index (κ2) is 8.61. The van der Waals surface area contributed by atoms with Crippen LogP contribution in [-0.4, -0.2) is 25.2 Å². The Morgan fingerprint density at radius 2 is 1.82 bits per heavy atom. The van der Waals surface area contributed by atoms with E-state index in [2.05, 4.69) is 10.6 Å². The average Bonchev–Trinajstić information content (AvgIpc) is 2.70. The third kappa shape index (κ3) is 4.01. The summed E-state index contributed by atoms with van der Waals surface area (Å²) in [4.78, 5) is 25.2. The predicted octanol–water partition coefficient (Wildman–Crippen LogP) is 3.72. The first-order chi connectivity index (χ1) is 13.5. The molecular weight excluding hydrogens is 356 g/mol. The Hall–Kier alpha value is -3.28. The van der Waals surface area contributed by atoms with Gasteiger partial charge in [0.15, 0.2) is 0 Å². The number of ether oxygens (including phenoxy) is 2. The number of rotatable bonds is 6. The number of esters is 1. The molecule has 0 aliphatic carbocycles. The Kier molecular flexibility index (Phi) is 5.99. The molecule has 0 bridgehead atoms. The van der Waals surface area contributed by atoms with E-state index in [-0.39, 0.29) is 12.6 Å². The van der Waals surface area contributed by atoms with Crippen molar-refractivity contribution in [3.05, 3.63) is 70.8 Å². The van der Waals surface area contributed by atoms with E-state index in [9.17, 15) is 9.59 Å². The minimum Gasteiger partial charge on any atom is -0.494 e. The highest BCUT2D eigenvalue weighted by atomic mass is 16.5. The molecule has 3 rings (SSSR count). The van der Waals surface area contributed by atoms with Gasteiger partial charge < -0.3 is 20.1 Å². The van der Waals surface area contributed by atoms with Gasteiger partial charge >= 0.3 is 12.0 Å². The van der Waals surface area contributed by atoms with Crippen LogP contribution < -0.4 is 15.4 Å². The van der Waals surface area contributed by atoms with Crippen molar-refractivity contribution in [2.45, 2.75) is 26.8 Å². The largest absolute Gasteiger partial charge is 0.494 e. The standard InChI is InChI=1S/C22H24N2O4/c1-4-27-17-12-11-16(13-14(17)3)20-18(21(25)28-5-2)19(23-22(26)24-20)15-9-7-6-8-10-15/h6-13,20H,4-5H2,1-3H3,(H2,23,24,26). The number of aryl methyl sites for hydroxylation is 1. The van der Waals surface area contributed by atoms with Crippen molar-refractivity contribution in [2.24, 2.45) is 0 Å². The minimum atomic E-state index is -0.627. The molecule has 2 aromatic rings. The lowest BCUT2D eigenvalue weighted by molar-refractivity contribution is -0.138. The Morgan fingerprint density at radius 3 is 2.46 bits per heavy atom. The molecular formula is C22H24N2O4. The van der Waals surface area contributed by atoms with Gasteiger partial charge in [0.1, 0.15) is 5.75 Å². The molecule has 0 saturated heterocycles. The van der Waals surface area contributed by atoms with Crippen molar-refractivity contribution in [3.63, 3.8) is 0 Å². The number of hydrogen-bond donors (Lipinski definition) is 2. The van der Waals surface area contributed by atoms with Crippen LogP contribution in [0.1, 0.15) is 36.6 Å². The fourth-order valence-corrected chi connectivity index (χ4v) is 3.25. The fourth-order valence-electron chi connectivity index (χ4n) is 3.25. The molecule has 1 atom stereocenters. The van der Waals surface area contributed by atoms with Crippen LogP contribution in [-0.2, 0) is 9.53 Å². The van der Waals surface area contributed by atoms with Crippen LogP contribution in [0.3, 0.4) is 0 Å². The molecule has 1 unspecified atom stereocenters. The molecule has 0 radical (unpaired) electrons. The van der Waals surface area contributed by atoms with Crippen molar-refractivity contribution in [3.8, 4) is 5.75 Å². The maximum atomic E-state index is 12.8. The van der Waals surface area contributed by atoms with E-state index in [0.717, 1.165) is 22.4 Å². The lowest BCUT2D eigenvalue weighted by Gasteiger charge is -2.30. The number of carbonyl (C=O) groups excluding carboxylic acids is 2. The van der Waals surface area contributed by atoms with E-state index >= 15 is 0 Å². The molecule has 2 amide bonds. The summed E-state index contributed by atoms with van der Waals surface area (Å²) in [6.45, 7) is 6.42. The van der Waals surface area contributed by atoms with Crippen molar-refractivity contribution >= 4 is 17.7 Å². The molecule has 2 N–H and O–H groups in total. The molecule has 0 spiro atoms. The number of amides is 2. The third-order valence-corrected chi connectivity index (χ3v) is 4.46. The van der Waals surface area contributed by atoms with Crippen molar-refractivity contribution in [2.75, 3.05) is 13.2 Å². The maximum absolute atomic E-state index is 12.8. The first-order valence-electron chi connectivity index (χ1n) is 9.32. The molecule has 0 saturated carbocycles. The number of hydrogen-bond acceptors (Lipinski definition) is 4. The Balaban J connectivity index is 2.13. The van der Waals surface area contributed by atoms with E-state index in [0.29, 0.717) is 17.9 Å². The first kappa shape index (κ1) is 19.5. The summed E-state index contributed by atoms with van der Waals surface area (Å²) in [6.07, 6.45) is 0. The first-order valence-corrected chi connectivity index (χ1v) is 9.32. The summed E-state index contributed by atoms with van der Waals surface area (Å²) < 4.78 is 10.9. The summed E-state index contributed by atoms with van der Waals surface area (Å²) in [5, 5.41) is 5.62. The van der Waals surface area contributed by atoms with E-state index in [1.165, 1.54) is 0 Å². The maximum Gasteiger partial charge on any atom is 0.338 e. The van der Waals surface area contributed by atoms with E-state index in [4.69, 9.17) is 9.47 Å². The minimum absolute atomic E-state index is 0.243. The fraction of sp³-hybridized carbons (Fsp3) is 0.273. The molecule has 1 heterocycles. The lowest BCUT2D eigenvalue weighted by Crippen LogP contribution is -2.45. The van der Waals surface area contributed by atoms with Gasteiger partial charge in [-0.3, -0.25) is 0 Å². The van der Waals surface area contributed by atoms with Crippen LogP contribution in [0.5, 0.6) is 5.75 Å². The summed E-state index contributed by atoms with van der Waals surface area (Å²) in [5.74, 6) is 0.307. The van der Waals surface area contributed by atoms with Gasteiger partial charge in [-0.15, -0.1) is 0 Å². The van der Waals surface area contributed by atoms with Gasteiger partial charge in [-0.2, -0.15) is 0 Å². The average molecular weight is 380 g/mol. The molecule has 2 aromatic carbocycles.